The van der Waals surface area contributed by atoms with Crippen molar-refractivity contribution in [2.45, 2.75) is 4.90 Å². The molecule has 0 saturated heterocycles. The van der Waals surface area contributed by atoms with Gasteiger partial charge in [0.25, 0.3) is 0 Å². The van der Waals surface area contributed by atoms with Gasteiger partial charge in [-0.25, -0.2) is 4.99 Å². The number of thioether (sulfide) groups is 1. The molecule has 1 aromatic carbocycles. The van der Waals surface area contributed by atoms with Gasteiger partial charge in [0.2, 0.25) is 0 Å². The predicted octanol–water partition coefficient (Wildman–Crippen LogP) is 1.90. The van der Waals surface area contributed by atoms with Crippen molar-refractivity contribution >= 4 is 23.5 Å². The molecule has 0 amide bonds. The Morgan fingerprint density at radius 2 is 2.19 bits per heavy atom. The molecule has 0 saturated carbocycles. The molecule has 0 atom stereocenters. The molecule has 0 bridgehead atoms. The number of fused-ring (bicyclic) bond motifs is 5. The summed E-state index contributed by atoms with van der Waals surface area (Å²) >= 11 is 1.88. The second-order valence-electron chi connectivity index (χ2n) is 3.87. The number of hydrogen-bond donors (Lipinski definition) is 0. The zero-order chi connectivity index (χ0) is 10.5. The lowest BCUT2D eigenvalue weighted by atomic mass is 10.1. The van der Waals surface area contributed by atoms with Crippen LogP contribution in [0.15, 0.2) is 40.4 Å². The number of pyridine rings is 1. The van der Waals surface area contributed by atoms with Gasteiger partial charge in [-0.15, -0.1) is 11.8 Å². The quantitative estimate of drug-likeness (QED) is 0.582. The first-order valence-electron chi connectivity index (χ1n) is 5.23. The van der Waals surface area contributed by atoms with Crippen LogP contribution in [0.4, 0.5) is 5.69 Å². The van der Waals surface area contributed by atoms with Gasteiger partial charge in [0, 0.05) is 27.6 Å². The fraction of sp³-hybridized carbons (Fsp3) is 0.0769. The zero-order valence-corrected chi connectivity index (χ0v) is 9.29. The molecule has 16 heavy (non-hydrogen) atoms. The van der Waals surface area contributed by atoms with Gasteiger partial charge < -0.3 is 0 Å². The molecule has 2 aliphatic heterocycles. The number of nitrogens with zero attached hydrogens (tertiary/aromatic N) is 2. The molecule has 2 aromatic rings. The minimum atomic E-state index is 0.996. The topological polar surface area (TPSA) is 25.2 Å². The van der Waals surface area contributed by atoms with E-state index in [1.807, 2.05) is 30.1 Å². The highest BCUT2D eigenvalue weighted by atomic mass is 32.2. The smallest absolute Gasteiger partial charge is 0.0980 e. The summed E-state index contributed by atoms with van der Waals surface area (Å²) in [6.07, 6.45) is 4.09. The van der Waals surface area contributed by atoms with E-state index in [4.69, 9.17) is 0 Å². The molecule has 0 unspecified atom stereocenters. The molecule has 0 N–H and O–H groups in total. The maximum absolute atomic E-state index is 4.68. The van der Waals surface area contributed by atoms with Crippen LogP contribution in [0.5, 0.6) is 0 Å². The van der Waals surface area contributed by atoms with E-state index < -0.39 is 0 Å². The number of benzene rings is 1. The summed E-state index contributed by atoms with van der Waals surface area (Å²) in [5.74, 6) is 1.06. The van der Waals surface area contributed by atoms with E-state index in [9.17, 15) is 0 Å². The summed E-state index contributed by atoms with van der Waals surface area (Å²) in [5, 5.41) is 2.40. The lowest BCUT2D eigenvalue weighted by Crippen LogP contribution is -2.25. The average molecular weight is 224 g/mol. The summed E-state index contributed by atoms with van der Waals surface area (Å²) in [7, 11) is 0. The van der Waals surface area contributed by atoms with Crippen LogP contribution in [0.1, 0.15) is 0 Å². The van der Waals surface area contributed by atoms with Crippen LogP contribution < -0.4 is 10.6 Å². The average Bonchev–Trinajstić information content (AvgIpc) is 2.92. The Kier molecular flexibility index (Phi) is 1.57. The standard InChI is InChI=1S/C13H8N2S/c1-2-10-13(14-6-1)9-3-4-11-8(5-7-16-11)12(9)15-10/h1-6H,7H2. The summed E-state index contributed by atoms with van der Waals surface area (Å²) in [5.41, 5.74) is 3.19. The fourth-order valence-corrected chi connectivity index (χ4v) is 3.18. The van der Waals surface area contributed by atoms with Crippen molar-refractivity contribution in [3.63, 3.8) is 0 Å². The van der Waals surface area contributed by atoms with Gasteiger partial charge in [-0.1, -0.05) is 6.08 Å². The van der Waals surface area contributed by atoms with Crippen molar-refractivity contribution in [1.29, 1.82) is 0 Å². The number of aromatic nitrogens is 1. The first-order valence-corrected chi connectivity index (χ1v) is 6.22. The summed E-state index contributed by atoms with van der Waals surface area (Å²) in [6.45, 7) is 0. The van der Waals surface area contributed by atoms with Crippen LogP contribution in [-0.4, -0.2) is 10.7 Å². The third-order valence-corrected chi connectivity index (χ3v) is 3.98. The van der Waals surface area contributed by atoms with Crippen LogP contribution in [0, 0.1) is 0 Å². The lowest BCUT2D eigenvalue weighted by molar-refractivity contribution is 1.28. The van der Waals surface area contributed by atoms with E-state index >= 15 is 0 Å². The van der Waals surface area contributed by atoms with Gasteiger partial charge in [0.05, 0.1) is 16.7 Å². The van der Waals surface area contributed by atoms with Crippen molar-refractivity contribution in [2.24, 2.45) is 4.99 Å². The maximum atomic E-state index is 4.68. The largest absolute Gasteiger partial charge is 0.254 e. The Hall–Kier alpha value is -1.61. The van der Waals surface area contributed by atoms with Crippen LogP contribution in [0.2, 0.25) is 0 Å². The maximum Gasteiger partial charge on any atom is 0.0980 e. The monoisotopic (exact) mass is 224 g/mol. The molecule has 2 aliphatic rings. The van der Waals surface area contributed by atoms with Gasteiger partial charge in [-0.2, -0.15) is 0 Å². The molecule has 0 spiro atoms. The van der Waals surface area contributed by atoms with Crippen LogP contribution >= 0.6 is 11.8 Å². The Morgan fingerprint density at radius 1 is 1.19 bits per heavy atom. The molecule has 0 fully saturated rings. The Balaban J connectivity index is 2.19. The van der Waals surface area contributed by atoms with Crippen LogP contribution in [0.25, 0.3) is 17.3 Å². The van der Waals surface area contributed by atoms with Gasteiger partial charge in [-0.05, 0) is 24.3 Å². The third kappa shape index (κ3) is 0.985. The Labute approximate surface area is 96.8 Å². The van der Waals surface area contributed by atoms with Crippen molar-refractivity contribution in [3.8, 4) is 11.3 Å². The normalized spacial score (nSPS) is 14.8. The van der Waals surface area contributed by atoms with E-state index in [1.165, 1.54) is 15.7 Å². The molecule has 3 heterocycles. The summed E-state index contributed by atoms with van der Waals surface area (Å²) < 4.78 is 0. The second-order valence-corrected chi connectivity index (χ2v) is 4.93. The van der Waals surface area contributed by atoms with Gasteiger partial charge in [0.1, 0.15) is 0 Å². The SMILES string of the molecule is C1=c2c(ccc3c2=Nc2cccnc2-3)SC1. The molecule has 3 heteroatoms. The highest BCUT2D eigenvalue weighted by molar-refractivity contribution is 7.99. The van der Waals surface area contributed by atoms with E-state index in [0.29, 0.717) is 0 Å². The Bertz CT molecular complexity index is 719. The summed E-state index contributed by atoms with van der Waals surface area (Å²) in [6, 6.07) is 8.29. The first-order chi connectivity index (χ1) is 7.93. The number of rotatable bonds is 0. The minimum Gasteiger partial charge on any atom is -0.254 e. The second kappa shape index (κ2) is 2.95. The first kappa shape index (κ1) is 8.53. The lowest BCUT2D eigenvalue weighted by Gasteiger charge is -1.98. The van der Waals surface area contributed by atoms with E-state index in [-0.39, 0.29) is 0 Å². The van der Waals surface area contributed by atoms with Crippen molar-refractivity contribution in [2.75, 3.05) is 5.75 Å². The fourth-order valence-electron chi connectivity index (χ4n) is 2.25. The molecule has 0 radical (unpaired) electrons. The predicted molar refractivity (Wildman–Crippen MR) is 65.3 cm³/mol. The molecule has 0 aliphatic carbocycles. The molecule has 4 rings (SSSR count). The third-order valence-electron chi connectivity index (χ3n) is 2.98. The molecule has 76 valence electrons. The highest BCUT2D eigenvalue weighted by Gasteiger charge is 2.17. The summed E-state index contributed by atoms with van der Waals surface area (Å²) in [4.78, 5) is 10.4. The molecule has 2 nitrogen and oxygen atoms in total. The van der Waals surface area contributed by atoms with Crippen LogP contribution in [0.3, 0.4) is 0 Å². The zero-order valence-electron chi connectivity index (χ0n) is 8.47. The van der Waals surface area contributed by atoms with E-state index in [2.05, 4.69) is 28.2 Å². The molecular weight excluding hydrogens is 216 g/mol. The van der Waals surface area contributed by atoms with Gasteiger partial charge in [-0.3, -0.25) is 4.98 Å². The Morgan fingerprint density at radius 3 is 3.19 bits per heavy atom. The minimum absolute atomic E-state index is 0.996. The number of hydrogen-bond acceptors (Lipinski definition) is 3. The highest BCUT2D eigenvalue weighted by Crippen LogP contribution is 2.30. The molecular formula is C13H8N2S. The van der Waals surface area contributed by atoms with Crippen molar-refractivity contribution < 1.29 is 0 Å². The van der Waals surface area contributed by atoms with E-state index in [1.54, 1.807) is 0 Å². The van der Waals surface area contributed by atoms with Crippen molar-refractivity contribution in [3.05, 3.63) is 41.0 Å². The van der Waals surface area contributed by atoms with E-state index in [0.717, 1.165) is 22.5 Å². The molecule has 1 aromatic heterocycles. The van der Waals surface area contributed by atoms with Crippen LogP contribution in [-0.2, 0) is 0 Å². The van der Waals surface area contributed by atoms with Gasteiger partial charge in [0.15, 0.2) is 0 Å². The van der Waals surface area contributed by atoms with Gasteiger partial charge >= 0.3 is 0 Å². The van der Waals surface area contributed by atoms with Crippen molar-refractivity contribution in [1.82, 2.24) is 4.98 Å².